The van der Waals surface area contributed by atoms with E-state index in [1.807, 2.05) is 0 Å². The molecule has 0 aromatic heterocycles. The van der Waals surface area contributed by atoms with Gasteiger partial charge in [0.15, 0.2) is 0 Å². The molecule has 2 aliphatic rings. The molecule has 2 fully saturated rings. The van der Waals surface area contributed by atoms with E-state index in [1.165, 1.54) is 31.1 Å². The molecule has 1 aromatic carbocycles. The van der Waals surface area contributed by atoms with Crippen molar-refractivity contribution in [2.75, 3.05) is 19.6 Å². The molecule has 2 heteroatoms. The summed E-state index contributed by atoms with van der Waals surface area (Å²) in [5.74, 6) is 1.45. The van der Waals surface area contributed by atoms with Crippen molar-refractivity contribution in [1.82, 2.24) is 4.90 Å². The van der Waals surface area contributed by atoms with E-state index >= 15 is 0 Å². The Kier molecular flexibility index (Phi) is 4.44. The molecule has 1 heterocycles. The normalized spacial score (nSPS) is 34.0. The average Bonchev–Trinajstić information content (AvgIpc) is 2.99. The zero-order valence-electron chi connectivity index (χ0n) is 13.1. The first-order chi connectivity index (χ1) is 10.2. The highest BCUT2D eigenvalue weighted by molar-refractivity contribution is 5.60. The highest BCUT2D eigenvalue weighted by Gasteiger charge is 2.37. The van der Waals surface area contributed by atoms with Crippen LogP contribution in [0.1, 0.15) is 50.5 Å². The van der Waals surface area contributed by atoms with E-state index in [0.29, 0.717) is 5.92 Å². The minimum atomic E-state index is -0.0575. The molecule has 1 saturated heterocycles. The zero-order valence-corrected chi connectivity index (χ0v) is 13.1. The van der Waals surface area contributed by atoms with Crippen molar-refractivity contribution < 1.29 is 4.79 Å². The predicted molar refractivity (Wildman–Crippen MR) is 86.4 cm³/mol. The fraction of sp³-hybridized carbons (Fsp3) is 0.632. The maximum absolute atomic E-state index is 11.7. The third kappa shape index (κ3) is 3.37. The van der Waals surface area contributed by atoms with Crippen molar-refractivity contribution in [1.29, 1.82) is 0 Å². The zero-order chi connectivity index (χ0) is 14.7. The van der Waals surface area contributed by atoms with Gasteiger partial charge in [-0.1, -0.05) is 37.3 Å². The number of benzene rings is 1. The summed E-state index contributed by atoms with van der Waals surface area (Å²) in [6, 6.07) is 10.8. The van der Waals surface area contributed by atoms with E-state index in [2.05, 4.69) is 42.2 Å². The van der Waals surface area contributed by atoms with Crippen LogP contribution in [0.2, 0.25) is 0 Å². The van der Waals surface area contributed by atoms with E-state index in [0.717, 1.165) is 38.4 Å². The molecule has 1 atom stereocenters. The van der Waals surface area contributed by atoms with Crippen LogP contribution < -0.4 is 0 Å². The van der Waals surface area contributed by atoms with Crippen molar-refractivity contribution >= 4 is 6.29 Å². The molecule has 1 saturated carbocycles. The average molecular weight is 285 g/mol. The molecule has 0 radical (unpaired) electrons. The standard InChI is InChI=1S/C19H27NO/c1-16-7-10-19(15-21,11-8-16)14-20-12-9-18(13-20)17-5-3-2-4-6-17/h2-6,15-16,18H,7-14H2,1H3. The first-order valence-corrected chi connectivity index (χ1v) is 8.44. The Balaban J connectivity index is 1.60. The van der Waals surface area contributed by atoms with Gasteiger partial charge in [-0.25, -0.2) is 0 Å². The monoisotopic (exact) mass is 285 g/mol. The van der Waals surface area contributed by atoms with Crippen LogP contribution in [0.5, 0.6) is 0 Å². The van der Waals surface area contributed by atoms with Crippen LogP contribution in [0, 0.1) is 11.3 Å². The van der Waals surface area contributed by atoms with Crippen LogP contribution in [-0.2, 0) is 4.79 Å². The Hall–Kier alpha value is -1.15. The Labute approximate surface area is 128 Å². The number of aldehydes is 1. The lowest BCUT2D eigenvalue weighted by Gasteiger charge is -2.37. The fourth-order valence-corrected chi connectivity index (χ4v) is 4.07. The molecule has 0 N–H and O–H groups in total. The van der Waals surface area contributed by atoms with Gasteiger partial charge in [0.1, 0.15) is 6.29 Å². The highest BCUT2D eigenvalue weighted by atomic mass is 16.1. The van der Waals surface area contributed by atoms with Gasteiger partial charge >= 0.3 is 0 Å². The van der Waals surface area contributed by atoms with Crippen LogP contribution in [0.15, 0.2) is 30.3 Å². The second-order valence-electron chi connectivity index (χ2n) is 7.29. The van der Waals surface area contributed by atoms with E-state index in [9.17, 15) is 4.79 Å². The second kappa shape index (κ2) is 6.31. The van der Waals surface area contributed by atoms with Crippen molar-refractivity contribution in [3.8, 4) is 0 Å². The number of carbonyl (C=O) groups is 1. The third-order valence-electron chi connectivity index (χ3n) is 5.60. The maximum atomic E-state index is 11.7. The summed E-state index contributed by atoms with van der Waals surface area (Å²) in [6.07, 6.45) is 7.11. The van der Waals surface area contributed by atoms with E-state index in [4.69, 9.17) is 0 Å². The van der Waals surface area contributed by atoms with Gasteiger partial charge in [0.25, 0.3) is 0 Å². The smallest absolute Gasteiger partial charge is 0.127 e. The van der Waals surface area contributed by atoms with Gasteiger partial charge in [-0.05, 0) is 56.0 Å². The van der Waals surface area contributed by atoms with Gasteiger partial charge in [-0.2, -0.15) is 0 Å². The van der Waals surface area contributed by atoms with Gasteiger partial charge in [0.05, 0.1) is 0 Å². The third-order valence-corrected chi connectivity index (χ3v) is 5.60. The van der Waals surface area contributed by atoms with Gasteiger partial charge < -0.3 is 9.69 Å². The van der Waals surface area contributed by atoms with Crippen molar-refractivity contribution in [2.24, 2.45) is 11.3 Å². The number of carbonyl (C=O) groups excluding carboxylic acids is 1. The largest absolute Gasteiger partial charge is 0.303 e. The molecule has 3 rings (SSSR count). The lowest BCUT2D eigenvalue weighted by molar-refractivity contribution is -0.119. The molecule has 21 heavy (non-hydrogen) atoms. The topological polar surface area (TPSA) is 20.3 Å². The van der Waals surface area contributed by atoms with Crippen LogP contribution in [0.25, 0.3) is 0 Å². The number of nitrogens with zero attached hydrogens (tertiary/aromatic N) is 1. The van der Waals surface area contributed by atoms with Crippen molar-refractivity contribution in [2.45, 2.75) is 44.9 Å². The summed E-state index contributed by atoms with van der Waals surface area (Å²) >= 11 is 0. The first kappa shape index (κ1) is 14.8. The SMILES string of the molecule is CC1CCC(C=O)(CN2CCC(c3ccccc3)C2)CC1. The lowest BCUT2D eigenvalue weighted by atomic mass is 9.71. The van der Waals surface area contributed by atoms with Crippen LogP contribution >= 0.6 is 0 Å². The van der Waals surface area contributed by atoms with Gasteiger partial charge in [-0.15, -0.1) is 0 Å². The van der Waals surface area contributed by atoms with Crippen LogP contribution in [0.3, 0.4) is 0 Å². The fourth-order valence-electron chi connectivity index (χ4n) is 4.07. The molecule has 1 unspecified atom stereocenters. The number of hydrogen-bond acceptors (Lipinski definition) is 2. The van der Waals surface area contributed by atoms with E-state index in [-0.39, 0.29) is 5.41 Å². The number of likely N-dealkylation sites (tertiary alicyclic amines) is 1. The molecule has 0 amide bonds. The minimum absolute atomic E-state index is 0.0575. The molecule has 1 aromatic rings. The predicted octanol–water partition coefficient (Wildman–Crippen LogP) is 3.87. The first-order valence-electron chi connectivity index (χ1n) is 8.44. The maximum Gasteiger partial charge on any atom is 0.127 e. The summed E-state index contributed by atoms with van der Waals surface area (Å²) in [4.78, 5) is 14.2. The van der Waals surface area contributed by atoms with Gasteiger partial charge in [-0.3, -0.25) is 0 Å². The summed E-state index contributed by atoms with van der Waals surface area (Å²) in [5, 5.41) is 0. The van der Waals surface area contributed by atoms with Gasteiger partial charge in [0, 0.05) is 18.5 Å². The molecule has 114 valence electrons. The summed E-state index contributed by atoms with van der Waals surface area (Å²) < 4.78 is 0. The molecule has 0 spiro atoms. The molecular weight excluding hydrogens is 258 g/mol. The highest BCUT2D eigenvalue weighted by Crippen LogP contribution is 2.39. The Morgan fingerprint density at radius 2 is 1.90 bits per heavy atom. The quantitative estimate of drug-likeness (QED) is 0.783. The van der Waals surface area contributed by atoms with Crippen molar-refractivity contribution in [3.05, 3.63) is 35.9 Å². The van der Waals surface area contributed by atoms with E-state index in [1.54, 1.807) is 0 Å². The van der Waals surface area contributed by atoms with Crippen LogP contribution in [-0.4, -0.2) is 30.8 Å². The van der Waals surface area contributed by atoms with E-state index < -0.39 is 0 Å². The molecule has 0 bridgehead atoms. The summed E-state index contributed by atoms with van der Waals surface area (Å²) in [7, 11) is 0. The summed E-state index contributed by atoms with van der Waals surface area (Å²) in [6.45, 7) is 5.56. The molecule has 2 nitrogen and oxygen atoms in total. The Morgan fingerprint density at radius 3 is 2.57 bits per heavy atom. The number of rotatable bonds is 4. The van der Waals surface area contributed by atoms with Gasteiger partial charge in [0.2, 0.25) is 0 Å². The Morgan fingerprint density at radius 1 is 1.19 bits per heavy atom. The minimum Gasteiger partial charge on any atom is -0.303 e. The molecule has 1 aliphatic heterocycles. The number of hydrogen-bond donors (Lipinski definition) is 0. The summed E-state index contributed by atoms with van der Waals surface area (Å²) in [5.41, 5.74) is 1.40. The molecule has 1 aliphatic carbocycles. The van der Waals surface area contributed by atoms with Crippen LogP contribution in [0.4, 0.5) is 0 Å². The Bertz CT molecular complexity index is 462. The molecular formula is C19H27NO. The second-order valence-corrected chi connectivity index (χ2v) is 7.29. The van der Waals surface area contributed by atoms with Crippen molar-refractivity contribution in [3.63, 3.8) is 0 Å². The lowest BCUT2D eigenvalue weighted by Crippen LogP contribution is -2.40.